The molecule has 0 spiro atoms. The molecule has 0 saturated heterocycles. The van der Waals surface area contributed by atoms with E-state index in [1.165, 1.54) is 32.3 Å². The van der Waals surface area contributed by atoms with Crippen molar-refractivity contribution in [2.45, 2.75) is 0 Å². The lowest BCUT2D eigenvalue weighted by Gasteiger charge is -2.15. The van der Waals surface area contributed by atoms with Crippen LogP contribution >= 0.6 is 0 Å². The highest BCUT2D eigenvalue weighted by atomic mass is 15.1. The zero-order valence-corrected chi connectivity index (χ0v) is 75.9. The maximum Gasteiger partial charge on any atom is 0.201 e. The third-order valence-electron chi connectivity index (χ3n) is 26.5. The first-order valence-corrected chi connectivity index (χ1v) is 46.9. The lowest BCUT2D eigenvalue weighted by Crippen LogP contribution is -2.03. The minimum atomic E-state index is 0.400. The van der Waals surface area contributed by atoms with Crippen LogP contribution in [0.4, 0.5) is 0 Å². The first kappa shape index (κ1) is 83.0. The van der Waals surface area contributed by atoms with Crippen LogP contribution in [0.25, 0.3) is 277 Å². The summed E-state index contributed by atoms with van der Waals surface area (Å²) in [6, 6.07) is 138. The van der Waals surface area contributed by atoms with E-state index < -0.39 is 0 Å². The monoisotopic (exact) mass is 1810 g/mol. The van der Waals surface area contributed by atoms with Crippen LogP contribution in [-0.2, 0) is 0 Å². The van der Waals surface area contributed by atoms with Gasteiger partial charge in [-0.15, -0.1) is 0 Å². The SMILES string of the molecule is c1ccc2c(-c3cnc(-c4nc(-c5cc6ccccc6c6ccccc56)cc(-c5cc6ccccc6c6ccccc56)n4)nc3)nccc2c1.c1ccc2c(-c3cnc(-c4nc(-c5cc6ccccc6c6ccccc56)nc(-c5cc6ccccc6c6ccccc56)n4)nc3)nccc2c1.c1ccc2cc(-c3nc(-c4ccc5ccccc5c4)nc(-c4ncc(-c5nccc6ccccc56)cn4)n3)ccc2c1. The molecule has 28 aromatic rings. The van der Waals surface area contributed by atoms with E-state index in [1.807, 2.05) is 122 Å². The van der Waals surface area contributed by atoms with Crippen LogP contribution in [0.1, 0.15) is 0 Å². The van der Waals surface area contributed by atoms with Crippen molar-refractivity contribution in [3.8, 4) is 137 Å². The Morgan fingerprint density at radius 2 is 0.352 bits per heavy atom. The minimum absolute atomic E-state index is 0.400. The molecule has 0 saturated carbocycles. The summed E-state index contributed by atoms with van der Waals surface area (Å²) in [7, 11) is 0. The van der Waals surface area contributed by atoms with Gasteiger partial charge in [0.25, 0.3) is 0 Å². The summed E-state index contributed by atoms with van der Waals surface area (Å²) in [5.41, 5.74) is 12.3. The number of rotatable bonds is 12. The lowest BCUT2D eigenvalue weighted by molar-refractivity contribution is 1.03. The molecule has 0 aliphatic rings. The van der Waals surface area contributed by atoms with Gasteiger partial charge in [0, 0.05) is 122 Å². The van der Waals surface area contributed by atoms with E-state index in [0.29, 0.717) is 58.2 Å². The van der Waals surface area contributed by atoms with Gasteiger partial charge in [-0.05, 0) is 185 Å². The molecule has 0 unspecified atom stereocenters. The van der Waals surface area contributed by atoms with E-state index in [0.717, 1.165) is 186 Å². The molecule has 0 amide bonds. The lowest BCUT2D eigenvalue weighted by atomic mass is 9.93. The van der Waals surface area contributed by atoms with Gasteiger partial charge >= 0.3 is 0 Å². The molecule has 17 nitrogen and oxygen atoms in total. The summed E-state index contributed by atoms with van der Waals surface area (Å²) < 4.78 is 0. The Kier molecular flexibility index (Phi) is 20.8. The van der Waals surface area contributed by atoms with Crippen molar-refractivity contribution in [1.29, 1.82) is 0 Å². The summed E-state index contributed by atoms with van der Waals surface area (Å²) in [5, 5.41) is 29.4. The standard InChI is InChI=1S/C45H27N5.C44H26N6.C36H22N6/c1-6-16-34-28(11-1)21-22-46-43(34)31-26-47-44(48-27-31)45-49-41(39-23-29-12-2-4-14-32(29)35-17-7-9-19-37(35)39)25-42(50-45)40-24-30-13-3-5-15-33(30)36-18-8-10-20-38(36)40;1-6-16-33-27(11-1)21-22-45-40(33)30-25-46-43(47-26-30)44-49-41(38-23-28-12-2-4-14-31(28)34-17-7-9-19-36(34)38)48-42(50-44)39-24-29-13-3-5-15-32(29)35-18-8-10-20-37(35)39;1-3-10-26-19-28(15-13-23(26)7-1)33-40-34(29-16-14-24-8-2-4-11-27(24)20-29)42-36(41-33)35-38-21-30(22-39-35)32-31-12-6-5-9-25(31)17-18-37-32/h1-27H;1-26H;1-22H. The molecule has 0 N–H and O–H groups in total. The second-order valence-electron chi connectivity index (χ2n) is 35.0. The first-order chi connectivity index (χ1) is 70.3. The summed E-state index contributed by atoms with van der Waals surface area (Å²) in [6.45, 7) is 0. The average Bonchev–Trinajstić information content (AvgIpc) is 0.745. The third kappa shape index (κ3) is 15.4. The predicted octanol–water partition coefficient (Wildman–Crippen LogP) is 29.8. The predicted molar refractivity (Wildman–Crippen MR) is 575 cm³/mol. The Morgan fingerprint density at radius 3 is 0.676 bits per heavy atom. The summed E-state index contributed by atoms with van der Waals surface area (Å²) in [6.07, 6.45) is 16.3. The van der Waals surface area contributed by atoms with Crippen LogP contribution in [0.5, 0.6) is 0 Å². The van der Waals surface area contributed by atoms with E-state index in [-0.39, 0.29) is 0 Å². The second kappa shape index (κ2) is 35.6. The van der Waals surface area contributed by atoms with Crippen molar-refractivity contribution >= 4 is 140 Å². The highest BCUT2D eigenvalue weighted by molar-refractivity contribution is 6.18. The molecule has 0 radical (unpaired) electrons. The van der Waals surface area contributed by atoms with Gasteiger partial charge in [-0.1, -0.05) is 340 Å². The molecule has 0 atom stereocenters. The molecule has 142 heavy (non-hydrogen) atoms. The molecular weight excluding hydrogens is 1740 g/mol. The zero-order chi connectivity index (χ0) is 93.9. The topological polar surface area (TPSA) is 219 Å². The number of hydrogen-bond donors (Lipinski definition) is 0. The van der Waals surface area contributed by atoms with Gasteiger partial charge in [-0.3, -0.25) is 15.0 Å². The highest BCUT2D eigenvalue weighted by Gasteiger charge is 2.25. The molecule has 9 heterocycles. The highest BCUT2D eigenvalue weighted by Crippen LogP contribution is 2.44. The fraction of sp³-hybridized carbons (Fsp3) is 0. The molecule has 0 bridgehead atoms. The smallest absolute Gasteiger partial charge is 0.201 e. The first-order valence-electron chi connectivity index (χ1n) is 46.9. The molecule has 660 valence electrons. The molecule has 0 fully saturated rings. The van der Waals surface area contributed by atoms with Crippen LogP contribution in [0.3, 0.4) is 0 Å². The normalized spacial score (nSPS) is 11.5. The van der Waals surface area contributed by atoms with Crippen LogP contribution in [0, 0.1) is 0 Å². The van der Waals surface area contributed by atoms with Gasteiger partial charge in [-0.2, -0.15) is 0 Å². The Labute approximate surface area is 812 Å². The minimum Gasteiger partial charge on any atom is -0.255 e. The summed E-state index contributed by atoms with van der Waals surface area (Å²) in [4.78, 5) is 83.2. The molecule has 28 rings (SSSR count). The van der Waals surface area contributed by atoms with Gasteiger partial charge < -0.3 is 0 Å². The van der Waals surface area contributed by atoms with Crippen molar-refractivity contribution in [3.63, 3.8) is 0 Å². The number of benzene rings is 19. The number of pyridine rings is 3. The van der Waals surface area contributed by atoms with E-state index in [2.05, 4.69) is 324 Å². The molecule has 0 aliphatic heterocycles. The van der Waals surface area contributed by atoms with Gasteiger partial charge in [0.05, 0.1) is 28.5 Å². The summed E-state index contributed by atoms with van der Waals surface area (Å²) >= 11 is 0. The van der Waals surface area contributed by atoms with E-state index in [4.69, 9.17) is 69.8 Å². The molecule has 19 aromatic carbocycles. The quantitative estimate of drug-likeness (QED) is 0.104. The number of aromatic nitrogens is 17. The Balaban J connectivity index is 0.000000110. The molecule has 0 aliphatic carbocycles. The Hall–Kier alpha value is -19.7. The maximum atomic E-state index is 5.22. The van der Waals surface area contributed by atoms with Crippen molar-refractivity contribution < 1.29 is 0 Å². The molecule has 17 heteroatoms. The largest absolute Gasteiger partial charge is 0.255 e. The van der Waals surface area contributed by atoms with Crippen molar-refractivity contribution in [2.24, 2.45) is 0 Å². The maximum absolute atomic E-state index is 5.22. The number of hydrogen-bond acceptors (Lipinski definition) is 17. The second-order valence-corrected chi connectivity index (χ2v) is 35.0. The van der Waals surface area contributed by atoms with Gasteiger partial charge in [0.15, 0.2) is 46.6 Å². The van der Waals surface area contributed by atoms with Crippen LogP contribution < -0.4 is 0 Å². The van der Waals surface area contributed by atoms with Gasteiger partial charge in [-0.25, -0.2) is 69.8 Å². The Morgan fingerprint density at radius 1 is 0.120 bits per heavy atom. The number of nitrogens with zero attached hydrogens (tertiary/aromatic N) is 17. The fourth-order valence-corrected chi connectivity index (χ4v) is 19.7. The molecule has 9 aromatic heterocycles. The van der Waals surface area contributed by atoms with Gasteiger partial charge in [0.2, 0.25) is 11.6 Å². The van der Waals surface area contributed by atoms with Crippen molar-refractivity contribution in [2.75, 3.05) is 0 Å². The van der Waals surface area contributed by atoms with Crippen LogP contribution in [0.15, 0.2) is 456 Å². The van der Waals surface area contributed by atoms with Crippen molar-refractivity contribution in [3.05, 3.63) is 456 Å². The van der Waals surface area contributed by atoms with Gasteiger partial charge in [0.1, 0.15) is 0 Å². The Bertz CT molecular complexity index is 9130. The molecular formula is C125H75N17. The van der Waals surface area contributed by atoms with Crippen LogP contribution in [0.2, 0.25) is 0 Å². The average molecular weight is 1820 g/mol. The van der Waals surface area contributed by atoms with Crippen LogP contribution in [-0.4, -0.2) is 84.7 Å². The van der Waals surface area contributed by atoms with Crippen molar-refractivity contribution in [1.82, 2.24) is 84.7 Å². The fourth-order valence-electron chi connectivity index (χ4n) is 19.7. The zero-order valence-electron chi connectivity index (χ0n) is 75.9. The third-order valence-corrected chi connectivity index (χ3v) is 26.5. The van der Waals surface area contributed by atoms with E-state index in [1.54, 1.807) is 24.8 Å². The van der Waals surface area contributed by atoms with E-state index >= 15 is 0 Å². The summed E-state index contributed by atoms with van der Waals surface area (Å²) in [5.74, 6) is 4.82. The van der Waals surface area contributed by atoms with E-state index in [9.17, 15) is 0 Å². The number of fused-ring (bicyclic) bond motifs is 17.